The van der Waals surface area contributed by atoms with Gasteiger partial charge in [-0.25, -0.2) is 8.42 Å². The Balaban J connectivity index is 1.85. The molecule has 0 saturated carbocycles. The van der Waals surface area contributed by atoms with Gasteiger partial charge in [0.2, 0.25) is 0 Å². The molecular weight excluding hydrogens is 440 g/mol. The molecule has 0 unspecified atom stereocenters. The highest BCUT2D eigenvalue weighted by Gasteiger charge is 2.21. The molecule has 3 aromatic carbocycles. The molecule has 0 radical (unpaired) electrons. The van der Waals surface area contributed by atoms with Crippen molar-refractivity contribution in [2.24, 2.45) is 5.10 Å². The van der Waals surface area contributed by atoms with E-state index in [0.29, 0.717) is 5.02 Å². The largest absolute Gasteiger partial charge is 0.295 e. The van der Waals surface area contributed by atoms with Gasteiger partial charge in [0, 0.05) is 11.1 Å². The number of nitrogens with zero attached hydrogens (tertiary/aromatic N) is 2. The summed E-state index contributed by atoms with van der Waals surface area (Å²) in [6.45, 7) is 3.91. The maximum Gasteiger partial charge on any atom is 0.295 e. The van der Waals surface area contributed by atoms with Crippen LogP contribution >= 0.6 is 11.6 Å². The third-order valence-corrected chi connectivity index (χ3v) is 5.98. The van der Waals surface area contributed by atoms with E-state index in [0.717, 1.165) is 22.8 Å². The number of hydrogen-bond acceptors (Lipinski definition) is 6. The Labute approximate surface area is 184 Å². The van der Waals surface area contributed by atoms with Crippen molar-refractivity contribution in [2.75, 3.05) is 10.1 Å². The Hall–Kier alpha value is -3.43. The summed E-state index contributed by atoms with van der Waals surface area (Å²) in [6.07, 6.45) is 1.55. The summed E-state index contributed by atoms with van der Waals surface area (Å²) < 4.78 is 27.6. The highest BCUT2D eigenvalue weighted by atomic mass is 35.5. The van der Waals surface area contributed by atoms with E-state index in [1.54, 1.807) is 18.3 Å². The number of sulfonamides is 1. The maximum absolute atomic E-state index is 12.6. The van der Waals surface area contributed by atoms with Gasteiger partial charge in [0.1, 0.15) is 5.69 Å². The van der Waals surface area contributed by atoms with Crippen molar-refractivity contribution in [1.82, 2.24) is 0 Å². The van der Waals surface area contributed by atoms with Gasteiger partial charge in [-0.15, -0.1) is 0 Å². The van der Waals surface area contributed by atoms with Gasteiger partial charge in [0.25, 0.3) is 15.7 Å². The highest BCUT2D eigenvalue weighted by Crippen LogP contribution is 2.29. The minimum atomic E-state index is -4.06. The SMILES string of the molecule is Cc1ccc(C=NNc2ccc(S(=O)(=O)Nc3cccc(Cl)c3)cc2[N+](=O)[O-])c(C)c1. The number of nitro benzene ring substituents is 1. The van der Waals surface area contributed by atoms with Gasteiger partial charge < -0.3 is 0 Å². The zero-order valence-electron chi connectivity index (χ0n) is 16.7. The van der Waals surface area contributed by atoms with E-state index in [2.05, 4.69) is 15.2 Å². The second kappa shape index (κ2) is 9.15. The summed E-state index contributed by atoms with van der Waals surface area (Å²) in [4.78, 5) is 10.6. The molecule has 0 heterocycles. The van der Waals surface area contributed by atoms with Crippen LogP contribution in [0.2, 0.25) is 5.02 Å². The lowest BCUT2D eigenvalue weighted by Gasteiger charge is -2.09. The summed E-state index contributed by atoms with van der Waals surface area (Å²) in [6, 6.07) is 15.5. The minimum absolute atomic E-state index is 0.0627. The predicted octanol–water partition coefficient (Wildman–Crippen LogP) is 5.11. The molecule has 0 bridgehead atoms. The second-order valence-electron chi connectivity index (χ2n) is 6.78. The van der Waals surface area contributed by atoms with Crippen molar-refractivity contribution in [3.05, 3.63) is 92.5 Å². The number of halogens is 1. The van der Waals surface area contributed by atoms with E-state index in [-0.39, 0.29) is 16.3 Å². The van der Waals surface area contributed by atoms with Gasteiger partial charge in [-0.3, -0.25) is 20.3 Å². The second-order valence-corrected chi connectivity index (χ2v) is 8.90. The molecule has 0 spiro atoms. The summed E-state index contributed by atoms with van der Waals surface area (Å²) in [5.74, 6) is 0. The van der Waals surface area contributed by atoms with Gasteiger partial charge in [0.05, 0.1) is 21.7 Å². The zero-order chi connectivity index (χ0) is 22.6. The quantitative estimate of drug-likeness (QED) is 0.290. The minimum Gasteiger partial charge on any atom is -0.280 e. The lowest BCUT2D eigenvalue weighted by atomic mass is 10.1. The average Bonchev–Trinajstić information content (AvgIpc) is 2.69. The number of anilines is 2. The molecule has 0 amide bonds. The van der Waals surface area contributed by atoms with Crippen molar-refractivity contribution >= 4 is 44.9 Å². The van der Waals surface area contributed by atoms with Crippen LogP contribution in [-0.2, 0) is 10.0 Å². The molecule has 0 atom stereocenters. The van der Waals surface area contributed by atoms with Crippen LogP contribution in [0.3, 0.4) is 0 Å². The van der Waals surface area contributed by atoms with Crippen molar-refractivity contribution in [3.8, 4) is 0 Å². The van der Waals surface area contributed by atoms with E-state index in [4.69, 9.17) is 11.6 Å². The third kappa shape index (κ3) is 5.59. The Kier molecular flexibility index (Phi) is 6.57. The molecule has 10 heteroatoms. The van der Waals surface area contributed by atoms with E-state index in [1.165, 1.54) is 24.3 Å². The van der Waals surface area contributed by atoms with E-state index in [9.17, 15) is 18.5 Å². The third-order valence-electron chi connectivity index (χ3n) is 4.37. The first-order valence-electron chi connectivity index (χ1n) is 9.09. The summed E-state index contributed by atoms with van der Waals surface area (Å²) in [7, 11) is -4.06. The predicted molar refractivity (Wildman–Crippen MR) is 122 cm³/mol. The summed E-state index contributed by atoms with van der Waals surface area (Å²) >= 11 is 5.87. The van der Waals surface area contributed by atoms with Crippen LogP contribution < -0.4 is 10.1 Å². The smallest absolute Gasteiger partial charge is 0.280 e. The normalized spacial score (nSPS) is 11.5. The fraction of sp³-hybridized carbons (Fsp3) is 0.0952. The Bertz CT molecular complexity index is 1280. The van der Waals surface area contributed by atoms with Gasteiger partial charge in [-0.05, 0) is 55.3 Å². The highest BCUT2D eigenvalue weighted by molar-refractivity contribution is 7.92. The number of aryl methyl sites for hydroxylation is 2. The van der Waals surface area contributed by atoms with Crippen LogP contribution in [0.15, 0.2) is 70.7 Å². The van der Waals surface area contributed by atoms with Crippen LogP contribution in [0.1, 0.15) is 16.7 Å². The lowest BCUT2D eigenvalue weighted by molar-refractivity contribution is -0.384. The first-order chi connectivity index (χ1) is 14.7. The van der Waals surface area contributed by atoms with Gasteiger partial charge in [0.15, 0.2) is 0 Å². The topological polar surface area (TPSA) is 114 Å². The molecule has 3 rings (SSSR count). The number of nitrogens with one attached hydrogen (secondary N) is 2. The molecule has 0 saturated heterocycles. The van der Waals surface area contributed by atoms with Crippen LogP contribution in [0, 0.1) is 24.0 Å². The van der Waals surface area contributed by atoms with Gasteiger partial charge in [-0.1, -0.05) is 41.4 Å². The molecule has 8 nitrogen and oxygen atoms in total. The van der Waals surface area contributed by atoms with Crippen LogP contribution in [0.4, 0.5) is 17.1 Å². The Morgan fingerprint density at radius 1 is 1.06 bits per heavy atom. The van der Waals surface area contributed by atoms with Crippen LogP contribution in [0.25, 0.3) is 0 Å². The van der Waals surface area contributed by atoms with Crippen LogP contribution in [0.5, 0.6) is 0 Å². The van der Waals surface area contributed by atoms with Crippen molar-refractivity contribution in [1.29, 1.82) is 0 Å². The van der Waals surface area contributed by atoms with E-state index < -0.39 is 20.6 Å². The van der Waals surface area contributed by atoms with Gasteiger partial charge in [-0.2, -0.15) is 5.10 Å². The molecule has 0 aliphatic heterocycles. The van der Waals surface area contributed by atoms with Crippen molar-refractivity contribution in [2.45, 2.75) is 18.7 Å². The number of nitro groups is 1. The first kappa shape index (κ1) is 22.3. The Morgan fingerprint density at radius 2 is 1.84 bits per heavy atom. The average molecular weight is 459 g/mol. The summed E-state index contributed by atoms with van der Waals surface area (Å²) in [5.41, 5.74) is 5.47. The maximum atomic E-state index is 12.6. The van der Waals surface area contributed by atoms with E-state index in [1.807, 2.05) is 32.0 Å². The fourth-order valence-electron chi connectivity index (χ4n) is 2.83. The molecule has 3 aromatic rings. The van der Waals surface area contributed by atoms with Crippen molar-refractivity contribution in [3.63, 3.8) is 0 Å². The standard InChI is InChI=1S/C21H19ClN4O4S/c1-14-6-7-16(15(2)10-14)13-23-24-20-9-8-19(12-21(20)26(27)28)31(29,30)25-18-5-3-4-17(22)11-18/h3-13,24-25H,1-2H3. The molecule has 2 N–H and O–H groups in total. The number of hydrogen-bond donors (Lipinski definition) is 2. The first-order valence-corrected chi connectivity index (χ1v) is 10.9. The molecule has 31 heavy (non-hydrogen) atoms. The Morgan fingerprint density at radius 3 is 2.52 bits per heavy atom. The molecule has 160 valence electrons. The molecule has 0 aromatic heterocycles. The number of rotatable bonds is 7. The summed E-state index contributed by atoms with van der Waals surface area (Å²) in [5, 5.41) is 15.9. The number of hydrazone groups is 1. The lowest BCUT2D eigenvalue weighted by Crippen LogP contribution is -2.13. The monoisotopic (exact) mass is 458 g/mol. The van der Waals surface area contributed by atoms with Gasteiger partial charge >= 0.3 is 0 Å². The number of benzene rings is 3. The van der Waals surface area contributed by atoms with Crippen LogP contribution in [-0.4, -0.2) is 19.6 Å². The molecule has 0 aliphatic carbocycles. The van der Waals surface area contributed by atoms with Crippen molar-refractivity contribution < 1.29 is 13.3 Å². The fourth-order valence-corrected chi connectivity index (χ4v) is 4.09. The molecule has 0 aliphatic rings. The molecular formula is C21H19ClN4O4S. The zero-order valence-corrected chi connectivity index (χ0v) is 18.2. The van der Waals surface area contributed by atoms with E-state index >= 15 is 0 Å². The molecule has 0 fully saturated rings.